The molecule has 1 N–H and O–H groups in total. The van der Waals surface area contributed by atoms with Crippen molar-refractivity contribution < 1.29 is 9.72 Å². The van der Waals surface area contributed by atoms with Gasteiger partial charge in [-0.2, -0.15) is 5.10 Å². The first-order valence-corrected chi connectivity index (χ1v) is 7.77. The van der Waals surface area contributed by atoms with E-state index in [1.807, 2.05) is 13.8 Å². The van der Waals surface area contributed by atoms with Gasteiger partial charge in [0.1, 0.15) is 0 Å². The summed E-state index contributed by atoms with van der Waals surface area (Å²) >= 11 is 0. The van der Waals surface area contributed by atoms with Gasteiger partial charge < -0.3 is 5.32 Å². The van der Waals surface area contributed by atoms with Gasteiger partial charge in [0, 0.05) is 28.6 Å². The van der Waals surface area contributed by atoms with Crippen LogP contribution in [0, 0.1) is 17.0 Å². The number of hydrogen-bond acceptors (Lipinski definition) is 5. The van der Waals surface area contributed by atoms with Gasteiger partial charge in [0.25, 0.3) is 11.6 Å². The van der Waals surface area contributed by atoms with Crippen LogP contribution in [-0.4, -0.2) is 25.6 Å². The number of pyridine rings is 1. The molecule has 3 rings (SSSR count). The second-order valence-electron chi connectivity index (χ2n) is 5.98. The molecule has 128 valence electrons. The molecular formula is C17H17N5O3. The molecule has 2 aromatic heterocycles. The molecule has 0 saturated carbocycles. The highest BCUT2D eigenvalue weighted by atomic mass is 16.6. The normalized spacial score (nSPS) is 11.0. The number of nitrogens with zero attached hydrogens (tertiary/aromatic N) is 4. The smallest absolute Gasteiger partial charge is 0.273 e. The quantitative estimate of drug-likeness (QED) is 0.579. The first kappa shape index (κ1) is 16.6. The average Bonchev–Trinajstić information content (AvgIpc) is 2.98. The third kappa shape index (κ3) is 3.06. The van der Waals surface area contributed by atoms with Crippen molar-refractivity contribution in [3.8, 4) is 0 Å². The van der Waals surface area contributed by atoms with E-state index in [0.29, 0.717) is 11.3 Å². The van der Waals surface area contributed by atoms with E-state index in [2.05, 4.69) is 15.4 Å². The Labute approximate surface area is 143 Å². The van der Waals surface area contributed by atoms with Gasteiger partial charge in [-0.25, -0.2) is 9.67 Å². The minimum Gasteiger partial charge on any atom is -0.321 e. The Morgan fingerprint density at radius 2 is 2.08 bits per heavy atom. The second kappa shape index (κ2) is 6.31. The van der Waals surface area contributed by atoms with Crippen LogP contribution >= 0.6 is 0 Å². The highest BCUT2D eigenvalue weighted by Crippen LogP contribution is 2.23. The fourth-order valence-electron chi connectivity index (χ4n) is 2.65. The number of nitro benzene ring substituents is 1. The Balaban J connectivity index is 1.90. The van der Waals surface area contributed by atoms with Crippen LogP contribution in [0.15, 0.2) is 36.7 Å². The topological polar surface area (TPSA) is 103 Å². The van der Waals surface area contributed by atoms with Crippen LogP contribution < -0.4 is 5.32 Å². The molecule has 0 spiro atoms. The third-order valence-corrected chi connectivity index (χ3v) is 3.93. The van der Waals surface area contributed by atoms with Crippen molar-refractivity contribution in [1.82, 2.24) is 14.8 Å². The number of aromatic nitrogens is 3. The summed E-state index contributed by atoms with van der Waals surface area (Å²) in [6.07, 6.45) is 3.24. The van der Waals surface area contributed by atoms with E-state index < -0.39 is 10.8 Å². The molecule has 0 saturated heterocycles. The van der Waals surface area contributed by atoms with Crippen molar-refractivity contribution in [1.29, 1.82) is 0 Å². The molecule has 0 unspecified atom stereocenters. The fraction of sp³-hybridized carbons (Fsp3) is 0.235. The number of fused-ring (bicyclic) bond motifs is 1. The number of rotatable bonds is 4. The predicted molar refractivity (Wildman–Crippen MR) is 93.7 cm³/mol. The lowest BCUT2D eigenvalue weighted by atomic mass is 10.1. The Kier molecular flexibility index (Phi) is 4.18. The van der Waals surface area contributed by atoms with Gasteiger partial charge >= 0.3 is 0 Å². The van der Waals surface area contributed by atoms with E-state index in [9.17, 15) is 14.9 Å². The number of carbonyl (C=O) groups excluding carboxylic acids is 1. The number of amides is 1. The Bertz CT molecular complexity index is 978. The number of benzene rings is 1. The van der Waals surface area contributed by atoms with Crippen LogP contribution in [0.1, 0.15) is 35.8 Å². The lowest BCUT2D eigenvalue weighted by molar-refractivity contribution is -0.385. The lowest BCUT2D eigenvalue weighted by Crippen LogP contribution is -2.14. The van der Waals surface area contributed by atoms with E-state index in [4.69, 9.17) is 0 Å². The van der Waals surface area contributed by atoms with Gasteiger partial charge in [-0.3, -0.25) is 14.9 Å². The van der Waals surface area contributed by atoms with Gasteiger partial charge in [0.2, 0.25) is 0 Å². The van der Waals surface area contributed by atoms with E-state index >= 15 is 0 Å². The summed E-state index contributed by atoms with van der Waals surface area (Å²) in [4.78, 5) is 27.3. The highest BCUT2D eigenvalue weighted by molar-refractivity contribution is 6.06. The number of anilines is 1. The number of carbonyl (C=O) groups is 1. The van der Waals surface area contributed by atoms with Gasteiger partial charge in [-0.15, -0.1) is 0 Å². The SMILES string of the molecule is Cc1c(C(=O)Nc2cnc3c(cnn3C(C)C)c2)cccc1[N+](=O)[O-]. The molecule has 0 aliphatic heterocycles. The molecule has 1 amide bonds. The van der Waals surface area contributed by atoms with Crippen LogP contribution in [-0.2, 0) is 0 Å². The number of hydrogen-bond donors (Lipinski definition) is 1. The molecule has 25 heavy (non-hydrogen) atoms. The summed E-state index contributed by atoms with van der Waals surface area (Å²) in [5.74, 6) is -0.418. The summed E-state index contributed by atoms with van der Waals surface area (Å²) in [6.45, 7) is 5.57. The summed E-state index contributed by atoms with van der Waals surface area (Å²) < 4.78 is 1.80. The molecule has 8 heteroatoms. The zero-order valence-electron chi connectivity index (χ0n) is 14.1. The van der Waals surface area contributed by atoms with Gasteiger partial charge in [0.15, 0.2) is 5.65 Å². The molecular weight excluding hydrogens is 322 g/mol. The summed E-state index contributed by atoms with van der Waals surface area (Å²) in [5.41, 5.74) is 1.74. The van der Waals surface area contributed by atoms with E-state index in [0.717, 1.165) is 11.0 Å². The third-order valence-electron chi connectivity index (χ3n) is 3.93. The molecule has 0 bridgehead atoms. The van der Waals surface area contributed by atoms with Crippen LogP contribution in [0.4, 0.5) is 11.4 Å². The maximum absolute atomic E-state index is 12.5. The molecule has 0 aliphatic rings. The standard InChI is InChI=1S/C17H17N5O3/c1-10(2)21-16-12(8-19-21)7-13(9-18-16)20-17(23)14-5-4-6-15(11(14)3)22(24)25/h4-10H,1-3H3,(H,20,23). The van der Waals surface area contributed by atoms with E-state index in [-0.39, 0.29) is 17.3 Å². The van der Waals surface area contributed by atoms with Crippen LogP contribution in [0.25, 0.3) is 11.0 Å². The minimum atomic E-state index is -0.500. The Morgan fingerprint density at radius 1 is 1.32 bits per heavy atom. The summed E-state index contributed by atoms with van der Waals surface area (Å²) in [5, 5.41) is 18.8. The largest absolute Gasteiger partial charge is 0.321 e. The molecule has 0 radical (unpaired) electrons. The van der Waals surface area contributed by atoms with Crippen molar-refractivity contribution in [2.75, 3.05) is 5.32 Å². The first-order valence-electron chi connectivity index (χ1n) is 7.77. The number of nitrogens with one attached hydrogen (secondary N) is 1. The molecule has 0 fully saturated rings. The average molecular weight is 339 g/mol. The monoisotopic (exact) mass is 339 g/mol. The van der Waals surface area contributed by atoms with Gasteiger partial charge in [0.05, 0.1) is 23.0 Å². The number of nitro groups is 1. The van der Waals surface area contributed by atoms with Crippen molar-refractivity contribution in [2.45, 2.75) is 26.8 Å². The molecule has 3 aromatic rings. The molecule has 1 aromatic carbocycles. The van der Waals surface area contributed by atoms with Gasteiger partial charge in [-0.1, -0.05) is 6.07 Å². The second-order valence-corrected chi connectivity index (χ2v) is 5.98. The van der Waals surface area contributed by atoms with Crippen LogP contribution in [0.2, 0.25) is 0 Å². The van der Waals surface area contributed by atoms with Crippen molar-refractivity contribution in [3.05, 3.63) is 57.9 Å². The Hall–Kier alpha value is -3.29. The maximum Gasteiger partial charge on any atom is 0.273 e. The maximum atomic E-state index is 12.5. The van der Waals surface area contributed by atoms with Crippen molar-refractivity contribution in [2.24, 2.45) is 0 Å². The van der Waals surface area contributed by atoms with Crippen LogP contribution in [0.3, 0.4) is 0 Å². The highest BCUT2D eigenvalue weighted by Gasteiger charge is 2.18. The zero-order valence-corrected chi connectivity index (χ0v) is 14.1. The lowest BCUT2D eigenvalue weighted by Gasteiger charge is -2.09. The minimum absolute atomic E-state index is 0.0839. The first-order chi connectivity index (χ1) is 11.9. The Morgan fingerprint density at radius 3 is 2.76 bits per heavy atom. The van der Waals surface area contributed by atoms with E-state index in [1.54, 1.807) is 36.1 Å². The summed E-state index contributed by atoms with van der Waals surface area (Å²) in [6, 6.07) is 6.38. The van der Waals surface area contributed by atoms with E-state index in [1.165, 1.54) is 12.1 Å². The molecule has 2 heterocycles. The molecule has 0 aliphatic carbocycles. The van der Waals surface area contributed by atoms with Gasteiger partial charge in [-0.05, 0) is 32.9 Å². The van der Waals surface area contributed by atoms with Crippen LogP contribution in [0.5, 0.6) is 0 Å². The predicted octanol–water partition coefficient (Wildman–Crippen LogP) is 3.48. The van der Waals surface area contributed by atoms with Crippen molar-refractivity contribution >= 4 is 28.3 Å². The summed E-state index contributed by atoms with van der Waals surface area (Å²) in [7, 11) is 0. The molecule has 8 nitrogen and oxygen atoms in total. The fourth-order valence-corrected chi connectivity index (χ4v) is 2.65. The zero-order chi connectivity index (χ0) is 18.1. The van der Waals surface area contributed by atoms with Crippen molar-refractivity contribution in [3.63, 3.8) is 0 Å². The molecule has 0 atom stereocenters.